The van der Waals surface area contributed by atoms with Crippen molar-refractivity contribution < 1.29 is 3.07 Å². The van der Waals surface area contributed by atoms with Crippen LogP contribution in [0.2, 0.25) is 0 Å². The Balaban J connectivity index is 2.88. The molecule has 1 heterocycles. The van der Waals surface area contributed by atoms with Crippen molar-refractivity contribution in [1.29, 1.82) is 0 Å². The fourth-order valence-electron chi connectivity index (χ4n) is 0.437. The zero-order valence-electron chi connectivity index (χ0n) is 4.54. The molecule has 0 spiro atoms. The van der Waals surface area contributed by atoms with Crippen molar-refractivity contribution in [2.24, 2.45) is 0 Å². The monoisotopic (exact) mass is 236 g/mol. The number of nitrogens with zero attached hydrogens (tertiary/aromatic N) is 1. The fraction of sp³-hybridized carbons (Fsp3) is 0. The Kier molecular flexibility index (Phi) is 2.10. The van der Waals surface area contributed by atoms with E-state index < -0.39 is 0 Å². The molecule has 0 radical (unpaired) electrons. The number of aromatic nitrogens is 1. The van der Waals surface area contributed by atoms with Crippen LogP contribution in [0.25, 0.3) is 0 Å². The predicted molar refractivity (Wildman–Crippen MR) is 43.3 cm³/mol. The van der Waals surface area contributed by atoms with Gasteiger partial charge in [0.1, 0.15) is 0 Å². The van der Waals surface area contributed by atoms with E-state index in [9.17, 15) is 0 Å². The van der Waals surface area contributed by atoms with E-state index in [1.54, 1.807) is 41.3 Å². The Hall–Kier alpha value is -0.520. The summed E-state index contributed by atoms with van der Waals surface area (Å²) >= 11 is 1.76. The van der Waals surface area contributed by atoms with Crippen molar-refractivity contribution in [2.45, 2.75) is 0 Å². The Morgan fingerprint density at radius 2 is 2.33 bits per heavy atom. The third kappa shape index (κ3) is 1.70. The van der Waals surface area contributed by atoms with E-state index in [-0.39, 0.29) is 0 Å². The van der Waals surface area contributed by atoms with E-state index in [1.807, 2.05) is 0 Å². The van der Waals surface area contributed by atoms with Gasteiger partial charge < -0.3 is 8.80 Å². The van der Waals surface area contributed by atoms with Crippen LogP contribution >= 0.6 is 23.0 Å². The molecule has 2 N–H and O–H groups in total. The second kappa shape index (κ2) is 2.86. The van der Waals surface area contributed by atoms with E-state index in [0.29, 0.717) is 11.6 Å². The molecule has 0 aliphatic carbocycles. The first-order valence-corrected chi connectivity index (χ1v) is 3.21. The SMILES string of the molecule is Nc1ccc(OI)nc1. The molecule has 0 saturated carbocycles. The summed E-state index contributed by atoms with van der Waals surface area (Å²) in [6.45, 7) is 0. The van der Waals surface area contributed by atoms with Crippen LogP contribution in [-0.4, -0.2) is 4.98 Å². The van der Waals surface area contributed by atoms with Gasteiger partial charge in [-0.25, -0.2) is 4.98 Å². The molecule has 0 unspecified atom stereocenters. The summed E-state index contributed by atoms with van der Waals surface area (Å²) in [4.78, 5) is 3.84. The number of rotatable bonds is 1. The Labute approximate surface area is 66.9 Å². The van der Waals surface area contributed by atoms with Gasteiger partial charge in [0, 0.05) is 6.07 Å². The fourth-order valence-corrected chi connectivity index (χ4v) is 0.698. The zero-order valence-corrected chi connectivity index (χ0v) is 6.70. The minimum Gasteiger partial charge on any atom is -0.408 e. The molecular formula is C5H5IN2O. The molecule has 3 nitrogen and oxygen atoms in total. The van der Waals surface area contributed by atoms with Gasteiger partial charge in [-0.3, -0.25) is 0 Å². The van der Waals surface area contributed by atoms with Crippen molar-refractivity contribution in [2.75, 3.05) is 5.73 Å². The number of halogens is 1. The molecule has 1 aromatic rings. The van der Waals surface area contributed by atoms with Gasteiger partial charge in [0.25, 0.3) is 0 Å². The molecule has 0 aromatic carbocycles. The smallest absolute Gasteiger partial charge is 0.224 e. The van der Waals surface area contributed by atoms with Crippen molar-refractivity contribution in [3.05, 3.63) is 18.3 Å². The number of nitrogens with two attached hydrogens (primary N) is 1. The molecule has 0 atom stereocenters. The lowest BCUT2D eigenvalue weighted by atomic mass is 10.4. The molecule has 0 fully saturated rings. The minimum absolute atomic E-state index is 0.574. The maximum absolute atomic E-state index is 5.36. The molecule has 4 heteroatoms. The summed E-state index contributed by atoms with van der Waals surface area (Å²) in [5, 5.41) is 0. The van der Waals surface area contributed by atoms with E-state index in [2.05, 4.69) is 4.98 Å². The number of hydrogen-bond acceptors (Lipinski definition) is 3. The van der Waals surface area contributed by atoms with Gasteiger partial charge in [0.05, 0.1) is 11.9 Å². The van der Waals surface area contributed by atoms with Crippen LogP contribution in [0.5, 0.6) is 5.88 Å². The van der Waals surface area contributed by atoms with Gasteiger partial charge in [-0.1, -0.05) is 0 Å². The number of pyridine rings is 1. The molecule has 1 rings (SSSR count). The summed E-state index contributed by atoms with van der Waals surface area (Å²) in [5.74, 6) is 0.574. The van der Waals surface area contributed by atoms with Gasteiger partial charge in [-0.05, 0) is 6.07 Å². The summed E-state index contributed by atoms with van der Waals surface area (Å²) in [6.07, 6.45) is 1.55. The van der Waals surface area contributed by atoms with Gasteiger partial charge >= 0.3 is 0 Å². The average Bonchev–Trinajstić information content (AvgIpc) is 1.90. The van der Waals surface area contributed by atoms with Gasteiger partial charge in [-0.2, -0.15) is 0 Å². The standard InChI is InChI=1S/C5H5IN2O/c6-9-5-2-1-4(7)3-8-5/h1-3H,7H2. The first-order valence-electron chi connectivity index (χ1n) is 2.33. The van der Waals surface area contributed by atoms with Gasteiger partial charge in [0.15, 0.2) is 23.0 Å². The Morgan fingerprint density at radius 1 is 1.56 bits per heavy atom. The van der Waals surface area contributed by atoms with E-state index in [4.69, 9.17) is 8.80 Å². The highest BCUT2D eigenvalue weighted by atomic mass is 127. The lowest BCUT2D eigenvalue weighted by Crippen LogP contribution is -1.85. The summed E-state index contributed by atoms with van der Waals surface area (Å²) in [6, 6.07) is 3.45. The molecule has 0 aliphatic rings. The number of nitrogen functional groups attached to an aromatic ring is 1. The summed E-state index contributed by atoms with van der Waals surface area (Å²) < 4.78 is 4.77. The lowest BCUT2D eigenvalue weighted by molar-refractivity contribution is 0.681. The van der Waals surface area contributed by atoms with Crippen LogP contribution in [0.3, 0.4) is 0 Å². The Morgan fingerprint density at radius 3 is 2.78 bits per heavy atom. The van der Waals surface area contributed by atoms with Crippen LogP contribution in [0.1, 0.15) is 0 Å². The summed E-state index contributed by atoms with van der Waals surface area (Å²) in [5.41, 5.74) is 6.01. The Bertz CT molecular complexity index is 187. The quantitative estimate of drug-likeness (QED) is 0.749. The molecule has 9 heavy (non-hydrogen) atoms. The average molecular weight is 236 g/mol. The van der Waals surface area contributed by atoms with Gasteiger partial charge in [0.2, 0.25) is 5.88 Å². The van der Waals surface area contributed by atoms with Crippen molar-refractivity contribution in [1.82, 2.24) is 4.98 Å². The zero-order chi connectivity index (χ0) is 6.69. The van der Waals surface area contributed by atoms with Crippen LogP contribution in [-0.2, 0) is 0 Å². The maximum atomic E-state index is 5.36. The highest BCUT2D eigenvalue weighted by Crippen LogP contribution is 2.09. The molecule has 0 aliphatic heterocycles. The molecule has 1 aromatic heterocycles. The third-order valence-electron chi connectivity index (χ3n) is 0.838. The second-order valence-corrected chi connectivity index (χ2v) is 1.95. The molecular weight excluding hydrogens is 231 g/mol. The number of anilines is 1. The molecule has 0 saturated heterocycles. The largest absolute Gasteiger partial charge is 0.408 e. The highest BCUT2D eigenvalue weighted by molar-refractivity contribution is 14.1. The van der Waals surface area contributed by atoms with Crippen LogP contribution < -0.4 is 8.80 Å². The topological polar surface area (TPSA) is 48.1 Å². The maximum Gasteiger partial charge on any atom is 0.224 e. The first-order chi connectivity index (χ1) is 4.33. The highest BCUT2D eigenvalue weighted by Gasteiger charge is 1.89. The van der Waals surface area contributed by atoms with Crippen molar-refractivity contribution in [3.8, 4) is 5.88 Å². The lowest BCUT2D eigenvalue weighted by Gasteiger charge is -1.93. The minimum atomic E-state index is 0.574. The molecule has 0 bridgehead atoms. The number of hydrogen-bond donors (Lipinski definition) is 1. The van der Waals surface area contributed by atoms with E-state index in [1.165, 1.54) is 0 Å². The summed E-state index contributed by atoms with van der Waals surface area (Å²) in [7, 11) is 0. The van der Waals surface area contributed by atoms with E-state index >= 15 is 0 Å². The molecule has 48 valence electrons. The second-order valence-electron chi connectivity index (χ2n) is 1.51. The van der Waals surface area contributed by atoms with E-state index in [0.717, 1.165) is 0 Å². The first kappa shape index (κ1) is 6.60. The molecule has 0 amide bonds. The van der Waals surface area contributed by atoms with Crippen molar-refractivity contribution >= 4 is 28.7 Å². The van der Waals surface area contributed by atoms with Gasteiger partial charge in [-0.15, -0.1) is 0 Å². The normalized spacial score (nSPS) is 9.00. The third-order valence-corrected chi connectivity index (χ3v) is 1.29. The van der Waals surface area contributed by atoms with Crippen LogP contribution in [0.15, 0.2) is 18.3 Å². The predicted octanol–water partition coefficient (Wildman–Crippen LogP) is 1.39. The van der Waals surface area contributed by atoms with Crippen LogP contribution in [0.4, 0.5) is 5.69 Å². The van der Waals surface area contributed by atoms with Crippen molar-refractivity contribution in [3.63, 3.8) is 0 Å². The van der Waals surface area contributed by atoms with Crippen LogP contribution in [0, 0.1) is 0 Å².